The van der Waals surface area contributed by atoms with E-state index in [4.69, 9.17) is 4.42 Å². The van der Waals surface area contributed by atoms with Crippen LogP contribution in [0, 0.1) is 51.8 Å². The number of ketones is 1. The van der Waals surface area contributed by atoms with Crippen LogP contribution in [0.2, 0.25) is 0 Å². The summed E-state index contributed by atoms with van der Waals surface area (Å²) in [4.78, 5) is 13.7. The van der Waals surface area contributed by atoms with E-state index >= 15 is 0 Å². The summed E-state index contributed by atoms with van der Waals surface area (Å²) >= 11 is 0. The summed E-state index contributed by atoms with van der Waals surface area (Å²) in [6, 6.07) is 3.88. The van der Waals surface area contributed by atoms with E-state index in [1.165, 1.54) is 56.9 Å². The highest BCUT2D eigenvalue weighted by molar-refractivity contribution is 6.06. The van der Waals surface area contributed by atoms with Gasteiger partial charge < -0.3 is 4.42 Å². The number of carbonyl (C=O) groups is 1. The Morgan fingerprint density at radius 2 is 1.83 bits per heavy atom. The molecule has 0 bridgehead atoms. The highest BCUT2D eigenvalue weighted by Crippen LogP contribution is 2.69. The summed E-state index contributed by atoms with van der Waals surface area (Å²) < 4.78 is 5.63. The van der Waals surface area contributed by atoms with Crippen molar-refractivity contribution in [3.05, 3.63) is 41.4 Å². The number of Topliss-reactive ketones (excluding diaryl/α,β-unsaturated/α-hetero) is 1. The van der Waals surface area contributed by atoms with E-state index in [9.17, 15) is 4.79 Å². The molecular weight excluding hydrogens is 440 g/mol. The summed E-state index contributed by atoms with van der Waals surface area (Å²) in [6.45, 7) is 16.8. The lowest BCUT2D eigenvalue weighted by Gasteiger charge is -2.60. The monoisotopic (exact) mass is 490 g/mol. The molecule has 0 spiro atoms. The molecule has 0 unspecified atom stereocenters. The maximum Gasteiger partial charge on any atom is 0.168 e. The van der Waals surface area contributed by atoms with Gasteiger partial charge >= 0.3 is 0 Å². The molecule has 36 heavy (non-hydrogen) atoms. The molecule has 1 aromatic rings. The Morgan fingerprint density at radius 1 is 1.06 bits per heavy atom. The molecule has 0 radical (unpaired) electrons. The third-order valence-electron chi connectivity index (χ3n) is 11.6. The topological polar surface area (TPSA) is 30.2 Å². The molecule has 0 aliphatic heterocycles. The normalized spacial score (nSPS) is 39.5. The zero-order valence-corrected chi connectivity index (χ0v) is 24.0. The van der Waals surface area contributed by atoms with Crippen LogP contribution in [0.5, 0.6) is 0 Å². The van der Waals surface area contributed by atoms with Crippen LogP contribution in [0.3, 0.4) is 0 Å². The van der Waals surface area contributed by atoms with Crippen molar-refractivity contribution in [3.8, 4) is 0 Å². The van der Waals surface area contributed by atoms with E-state index in [2.05, 4.69) is 54.5 Å². The predicted molar refractivity (Wildman–Crippen MR) is 149 cm³/mol. The molecule has 4 aliphatic rings. The van der Waals surface area contributed by atoms with Gasteiger partial charge in [0.2, 0.25) is 0 Å². The van der Waals surface area contributed by atoms with E-state index in [1.807, 2.05) is 18.2 Å². The zero-order valence-electron chi connectivity index (χ0n) is 24.0. The Bertz CT molecular complexity index is 1020. The maximum atomic E-state index is 13.7. The highest BCUT2D eigenvalue weighted by Gasteiger charge is 2.61. The van der Waals surface area contributed by atoms with Crippen molar-refractivity contribution in [2.75, 3.05) is 0 Å². The SMILES string of the molecule is CC(C)CCC[C@@H](C)[C@H]1CC[C@H]2[C@@H]3CC=C4C(C)(C)C(=O)/C(=C\c5ccco5)C[C@]4(C)[C@H]3CC[C@]12C. The number of fused-ring (bicyclic) bond motifs is 5. The van der Waals surface area contributed by atoms with Crippen LogP contribution in [0.15, 0.2) is 40.0 Å². The molecule has 0 N–H and O–H groups in total. The third-order valence-corrected chi connectivity index (χ3v) is 11.6. The second-order valence-corrected chi connectivity index (χ2v) is 14.5. The van der Waals surface area contributed by atoms with Gasteiger partial charge in [0, 0.05) is 11.0 Å². The number of rotatable bonds is 6. The Balaban J connectivity index is 1.42. The summed E-state index contributed by atoms with van der Waals surface area (Å²) in [5, 5.41) is 0. The van der Waals surface area contributed by atoms with Crippen molar-refractivity contribution in [1.82, 2.24) is 0 Å². The quantitative estimate of drug-likeness (QED) is 0.293. The van der Waals surface area contributed by atoms with Gasteiger partial charge in [0.05, 0.1) is 6.26 Å². The molecule has 2 heteroatoms. The average Bonchev–Trinajstić information content (AvgIpc) is 3.44. The molecule has 4 aliphatic carbocycles. The number of allylic oxidation sites excluding steroid dienone is 3. The minimum atomic E-state index is -0.430. The minimum absolute atomic E-state index is 0.0705. The lowest BCUT2D eigenvalue weighted by Crippen LogP contribution is -2.54. The van der Waals surface area contributed by atoms with Crippen LogP contribution in [0.25, 0.3) is 6.08 Å². The largest absolute Gasteiger partial charge is 0.465 e. The number of hydrogen-bond donors (Lipinski definition) is 0. The molecule has 3 fully saturated rings. The molecule has 7 atom stereocenters. The van der Waals surface area contributed by atoms with E-state index < -0.39 is 5.41 Å². The van der Waals surface area contributed by atoms with Crippen LogP contribution in [-0.4, -0.2) is 5.78 Å². The van der Waals surface area contributed by atoms with Crippen molar-refractivity contribution < 1.29 is 9.21 Å². The van der Waals surface area contributed by atoms with Crippen molar-refractivity contribution in [2.24, 2.45) is 51.8 Å². The Morgan fingerprint density at radius 3 is 2.53 bits per heavy atom. The summed E-state index contributed by atoms with van der Waals surface area (Å²) in [6.07, 6.45) is 18.0. The minimum Gasteiger partial charge on any atom is -0.465 e. The fraction of sp³-hybridized carbons (Fsp3) is 0.735. The smallest absolute Gasteiger partial charge is 0.168 e. The maximum absolute atomic E-state index is 13.7. The first kappa shape index (κ1) is 26.1. The van der Waals surface area contributed by atoms with E-state index in [1.54, 1.807) is 6.26 Å². The van der Waals surface area contributed by atoms with Gasteiger partial charge in [-0.15, -0.1) is 0 Å². The van der Waals surface area contributed by atoms with Crippen LogP contribution >= 0.6 is 0 Å². The average molecular weight is 491 g/mol. The number of hydrogen-bond acceptors (Lipinski definition) is 2. The standard InChI is InChI=1S/C34H50O2/c1-22(2)10-8-11-23(3)27-14-15-28-26-13-16-30-32(4,5)31(35)24(20-25-12-9-19-36-25)21-34(30,7)29(26)17-18-33(27,28)6/h9,12,16,19-20,22-23,26-29H,8,10-11,13-15,17-18,21H2,1-7H3/b24-20-/t23-,26+,27-,28+,29+,33-,34-/m1/s1. The lowest BCUT2D eigenvalue weighted by atomic mass is 9.44. The molecule has 3 saturated carbocycles. The molecule has 1 aromatic heterocycles. The molecule has 0 saturated heterocycles. The van der Waals surface area contributed by atoms with Crippen LogP contribution in [0.4, 0.5) is 0 Å². The number of furan rings is 1. The predicted octanol–water partition coefficient (Wildman–Crippen LogP) is 9.52. The van der Waals surface area contributed by atoms with Crippen molar-refractivity contribution >= 4 is 11.9 Å². The first-order chi connectivity index (χ1) is 17.0. The first-order valence-electron chi connectivity index (χ1n) is 15.0. The lowest BCUT2D eigenvalue weighted by molar-refractivity contribution is -0.126. The van der Waals surface area contributed by atoms with Gasteiger partial charge in [-0.25, -0.2) is 0 Å². The number of carbonyl (C=O) groups excluding carboxylic acids is 1. The van der Waals surface area contributed by atoms with Crippen molar-refractivity contribution in [3.63, 3.8) is 0 Å². The van der Waals surface area contributed by atoms with Gasteiger partial charge in [-0.1, -0.05) is 65.5 Å². The van der Waals surface area contributed by atoms with Crippen LogP contribution in [0.1, 0.15) is 112 Å². The Hall–Kier alpha value is -1.57. The Kier molecular flexibility index (Phi) is 6.74. The fourth-order valence-electron chi connectivity index (χ4n) is 9.98. The van der Waals surface area contributed by atoms with Gasteiger partial charge in [-0.05, 0) is 117 Å². The molecule has 0 amide bonds. The van der Waals surface area contributed by atoms with Gasteiger partial charge in [0.15, 0.2) is 5.78 Å². The molecule has 1 heterocycles. The summed E-state index contributed by atoms with van der Waals surface area (Å²) in [5.74, 6) is 5.92. The molecule has 0 aromatic carbocycles. The van der Waals surface area contributed by atoms with Crippen LogP contribution < -0.4 is 0 Å². The van der Waals surface area contributed by atoms with E-state index in [0.29, 0.717) is 11.3 Å². The Labute approximate surface area is 220 Å². The summed E-state index contributed by atoms with van der Waals surface area (Å²) in [5.41, 5.74) is 2.53. The molecular formula is C34H50O2. The van der Waals surface area contributed by atoms with Crippen molar-refractivity contribution in [2.45, 2.75) is 106 Å². The van der Waals surface area contributed by atoms with Crippen molar-refractivity contribution in [1.29, 1.82) is 0 Å². The van der Waals surface area contributed by atoms with Gasteiger partial charge in [0.1, 0.15) is 5.76 Å². The second-order valence-electron chi connectivity index (χ2n) is 14.5. The summed E-state index contributed by atoms with van der Waals surface area (Å²) in [7, 11) is 0. The highest BCUT2D eigenvalue weighted by atomic mass is 16.3. The zero-order chi connectivity index (χ0) is 25.9. The molecule has 5 rings (SSSR count). The third kappa shape index (κ3) is 4.10. The molecule has 2 nitrogen and oxygen atoms in total. The molecule has 198 valence electrons. The first-order valence-corrected chi connectivity index (χ1v) is 15.0. The van der Waals surface area contributed by atoms with Crippen LogP contribution in [-0.2, 0) is 4.79 Å². The van der Waals surface area contributed by atoms with Gasteiger partial charge in [-0.2, -0.15) is 0 Å². The van der Waals surface area contributed by atoms with E-state index in [0.717, 1.165) is 47.3 Å². The fourth-order valence-corrected chi connectivity index (χ4v) is 9.98. The van der Waals surface area contributed by atoms with Gasteiger partial charge in [0.25, 0.3) is 0 Å². The van der Waals surface area contributed by atoms with E-state index in [-0.39, 0.29) is 11.2 Å². The van der Waals surface area contributed by atoms with Gasteiger partial charge in [-0.3, -0.25) is 4.79 Å². The second kappa shape index (κ2) is 9.32.